The number of benzene rings is 1. The van der Waals surface area contributed by atoms with Gasteiger partial charge in [-0.15, -0.1) is 0 Å². The fraction of sp³-hybridized carbons (Fsp3) is 0.545. The zero-order valence-electron chi connectivity index (χ0n) is 18.1. The summed E-state index contributed by atoms with van der Waals surface area (Å²) in [5.41, 5.74) is -0.0392. The van der Waals surface area contributed by atoms with E-state index >= 15 is 0 Å². The Morgan fingerprint density at radius 1 is 1.00 bits per heavy atom. The van der Waals surface area contributed by atoms with E-state index in [1.807, 2.05) is 4.90 Å². The summed E-state index contributed by atoms with van der Waals surface area (Å²) in [6, 6.07) is 4.80. The third-order valence-electron chi connectivity index (χ3n) is 6.49. The zero-order valence-corrected chi connectivity index (χ0v) is 18.1. The molecule has 1 aromatic heterocycles. The molecule has 1 aromatic carbocycles. The van der Waals surface area contributed by atoms with Gasteiger partial charge in [0.05, 0.1) is 10.9 Å². The van der Waals surface area contributed by atoms with Crippen LogP contribution in [0.15, 0.2) is 27.8 Å². The third-order valence-corrected chi connectivity index (χ3v) is 6.49. The van der Waals surface area contributed by atoms with Crippen LogP contribution in [0, 0.1) is 5.92 Å². The molecular formula is C22H29N5O4. The molecule has 0 spiro atoms. The highest BCUT2D eigenvalue weighted by molar-refractivity contribution is 5.97. The fourth-order valence-corrected chi connectivity index (χ4v) is 4.47. The molecule has 31 heavy (non-hydrogen) atoms. The summed E-state index contributed by atoms with van der Waals surface area (Å²) in [6.45, 7) is 6.40. The Hall–Kier alpha value is -2.94. The molecule has 9 nitrogen and oxygen atoms in total. The molecular weight excluding hydrogens is 398 g/mol. The maximum atomic E-state index is 13.0. The number of piperidine rings is 1. The van der Waals surface area contributed by atoms with Gasteiger partial charge in [-0.1, -0.05) is 0 Å². The number of likely N-dealkylation sites (N-methyl/N-ethyl adjacent to an activating group) is 1. The van der Waals surface area contributed by atoms with Crippen LogP contribution in [-0.2, 0) is 11.3 Å². The van der Waals surface area contributed by atoms with Gasteiger partial charge in [-0.05, 0) is 45.0 Å². The van der Waals surface area contributed by atoms with Gasteiger partial charge in [0.1, 0.15) is 0 Å². The molecule has 4 rings (SSSR count). The van der Waals surface area contributed by atoms with Gasteiger partial charge in [-0.25, -0.2) is 4.79 Å². The second-order valence-electron chi connectivity index (χ2n) is 8.43. The Bertz CT molecular complexity index is 1110. The summed E-state index contributed by atoms with van der Waals surface area (Å²) >= 11 is 0. The Balaban J connectivity index is 1.44. The minimum Gasteiger partial charge on any atom is -0.340 e. The summed E-state index contributed by atoms with van der Waals surface area (Å²) in [5.74, 6) is 0.0246. The zero-order chi connectivity index (χ0) is 22.1. The van der Waals surface area contributed by atoms with Crippen LogP contribution >= 0.6 is 0 Å². The molecule has 0 radical (unpaired) electrons. The monoisotopic (exact) mass is 427 g/mol. The van der Waals surface area contributed by atoms with E-state index in [4.69, 9.17) is 0 Å². The number of nitrogens with one attached hydrogen (secondary N) is 1. The van der Waals surface area contributed by atoms with Crippen LogP contribution in [0.1, 0.15) is 30.1 Å². The van der Waals surface area contributed by atoms with Crippen molar-refractivity contribution in [1.82, 2.24) is 24.3 Å². The number of likely N-dealkylation sites (tertiary alicyclic amines) is 1. The third kappa shape index (κ3) is 4.14. The van der Waals surface area contributed by atoms with Gasteiger partial charge in [-0.3, -0.25) is 19.0 Å². The summed E-state index contributed by atoms with van der Waals surface area (Å²) in [7, 11) is 2.06. The van der Waals surface area contributed by atoms with Crippen molar-refractivity contribution in [3.63, 3.8) is 0 Å². The van der Waals surface area contributed by atoms with Crippen molar-refractivity contribution in [3.8, 4) is 0 Å². The lowest BCUT2D eigenvalue weighted by Crippen LogP contribution is -2.51. The van der Waals surface area contributed by atoms with Gasteiger partial charge >= 0.3 is 5.69 Å². The second kappa shape index (κ2) is 8.66. The standard InChI is InChI=1S/C22H29N5O4/c1-3-27-21(30)17-5-4-16(14-18(17)23-22(27)31)20(29)25-8-6-15(7-9-25)19(28)26-12-10-24(2)11-13-26/h4-5,14-15H,3,6-13H2,1-2H3,(H,23,31). The highest BCUT2D eigenvalue weighted by atomic mass is 16.2. The summed E-state index contributed by atoms with van der Waals surface area (Å²) in [5, 5.41) is 0.384. The first-order chi connectivity index (χ1) is 14.9. The van der Waals surface area contributed by atoms with Gasteiger partial charge in [0.15, 0.2) is 0 Å². The van der Waals surface area contributed by atoms with Crippen molar-refractivity contribution < 1.29 is 9.59 Å². The number of rotatable bonds is 3. The van der Waals surface area contributed by atoms with E-state index in [9.17, 15) is 19.2 Å². The minimum absolute atomic E-state index is 0.0343. The van der Waals surface area contributed by atoms with Crippen molar-refractivity contribution in [2.45, 2.75) is 26.3 Å². The maximum Gasteiger partial charge on any atom is 0.328 e. The number of hydrogen-bond acceptors (Lipinski definition) is 5. The van der Waals surface area contributed by atoms with Crippen LogP contribution in [0.2, 0.25) is 0 Å². The molecule has 1 N–H and O–H groups in total. The number of H-pyrrole nitrogens is 1. The number of carbonyl (C=O) groups is 2. The van der Waals surface area contributed by atoms with Crippen molar-refractivity contribution in [1.29, 1.82) is 0 Å². The molecule has 0 saturated carbocycles. The van der Waals surface area contributed by atoms with Crippen molar-refractivity contribution in [3.05, 3.63) is 44.6 Å². The maximum absolute atomic E-state index is 13.0. The van der Waals surface area contributed by atoms with E-state index in [-0.39, 0.29) is 29.8 Å². The Morgan fingerprint density at radius 2 is 1.68 bits per heavy atom. The SMILES string of the molecule is CCn1c(=O)[nH]c2cc(C(=O)N3CCC(C(=O)N4CCN(C)CC4)CC3)ccc2c1=O. The molecule has 9 heteroatoms. The number of amides is 2. The number of fused-ring (bicyclic) bond motifs is 1. The summed E-state index contributed by atoms with van der Waals surface area (Å²) < 4.78 is 1.13. The molecule has 0 atom stereocenters. The molecule has 2 aliphatic rings. The van der Waals surface area contributed by atoms with E-state index in [1.54, 1.807) is 30.0 Å². The van der Waals surface area contributed by atoms with Crippen molar-refractivity contribution in [2.24, 2.45) is 5.92 Å². The Labute approximate surface area is 180 Å². The van der Waals surface area contributed by atoms with Gasteiger partial charge in [0.25, 0.3) is 11.5 Å². The first kappa shape index (κ1) is 21.3. The molecule has 2 saturated heterocycles. The molecule has 0 unspecified atom stereocenters. The first-order valence-electron chi connectivity index (χ1n) is 10.9. The topological polar surface area (TPSA) is 98.7 Å². The number of piperazine rings is 1. The van der Waals surface area contributed by atoms with E-state index in [2.05, 4.69) is 16.9 Å². The van der Waals surface area contributed by atoms with Crippen LogP contribution in [0.3, 0.4) is 0 Å². The lowest BCUT2D eigenvalue weighted by Gasteiger charge is -2.37. The lowest BCUT2D eigenvalue weighted by atomic mass is 9.94. The number of hydrogen-bond donors (Lipinski definition) is 1. The normalized spacial score (nSPS) is 18.5. The first-order valence-corrected chi connectivity index (χ1v) is 10.9. The van der Waals surface area contributed by atoms with Crippen LogP contribution in [0.4, 0.5) is 0 Å². The largest absolute Gasteiger partial charge is 0.340 e. The average molecular weight is 428 g/mol. The average Bonchev–Trinajstić information content (AvgIpc) is 2.78. The number of nitrogens with zero attached hydrogens (tertiary/aromatic N) is 4. The highest BCUT2D eigenvalue weighted by Gasteiger charge is 2.31. The molecule has 2 fully saturated rings. The van der Waals surface area contributed by atoms with Crippen LogP contribution < -0.4 is 11.2 Å². The molecule has 2 aliphatic heterocycles. The lowest BCUT2D eigenvalue weighted by molar-refractivity contribution is -0.138. The van der Waals surface area contributed by atoms with Crippen LogP contribution in [-0.4, -0.2) is 82.4 Å². The highest BCUT2D eigenvalue weighted by Crippen LogP contribution is 2.22. The molecule has 0 bridgehead atoms. The molecule has 2 aromatic rings. The van der Waals surface area contributed by atoms with Crippen LogP contribution in [0.25, 0.3) is 10.9 Å². The predicted octanol–water partition coefficient (Wildman–Crippen LogP) is 0.336. The molecule has 3 heterocycles. The van der Waals surface area contributed by atoms with Crippen molar-refractivity contribution in [2.75, 3.05) is 46.3 Å². The van der Waals surface area contributed by atoms with Gasteiger partial charge in [0, 0.05) is 57.3 Å². The van der Waals surface area contributed by atoms with Gasteiger partial charge in [-0.2, -0.15) is 0 Å². The summed E-state index contributed by atoms with van der Waals surface area (Å²) in [4.78, 5) is 58.9. The molecule has 2 amide bonds. The summed E-state index contributed by atoms with van der Waals surface area (Å²) in [6.07, 6.45) is 1.31. The Morgan fingerprint density at radius 3 is 2.32 bits per heavy atom. The molecule has 166 valence electrons. The van der Waals surface area contributed by atoms with E-state index in [1.165, 1.54) is 0 Å². The quantitative estimate of drug-likeness (QED) is 0.762. The van der Waals surface area contributed by atoms with Crippen molar-refractivity contribution >= 4 is 22.7 Å². The van der Waals surface area contributed by atoms with Gasteiger partial charge < -0.3 is 19.7 Å². The smallest absolute Gasteiger partial charge is 0.328 e. The Kier molecular flexibility index (Phi) is 5.95. The van der Waals surface area contributed by atoms with E-state index in [0.29, 0.717) is 42.4 Å². The van der Waals surface area contributed by atoms with E-state index < -0.39 is 5.69 Å². The predicted molar refractivity (Wildman–Crippen MR) is 117 cm³/mol. The minimum atomic E-state index is -0.479. The number of aromatic amines is 1. The molecule has 0 aliphatic carbocycles. The van der Waals surface area contributed by atoms with E-state index in [0.717, 1.165) is 30.7 Å². The number of carbonyl (C=O) groups excluding carboxylic acids is 2. The van der Waals surface area contributed by atoms with Gasteiger partial charge in [0.2, 0.25) is 5.91 Å². The van der Waals surface area contributed by atoms with Crippen LogP contribution in [0.5, 0.6) is 0 Å². The number of aromatic nitrogens is 2. The fourth-order valence-electron chi connectivity index (χ4n) is 4.47. The second-order valence-corrected chi connectivity index (χ2v) is 8.43.